The van der Waals surface area contributed by atoms with Crippen LogP contribution in [0.5, 0.6) is 5.75 Å². The summed E-state index contributed by atoms with van der Waals surface area (Å²) in [5.41, 5.74) is 0.829. The van der Waals surface area contributed by atoms with Crippen LogP contribution in [0.4, 0.5) is 13.2 Å². The number of alkyl halides is 4. The van der Waals surface area contributed by atoms with Crippen molar-refractivity contribution in [2.24, 2.45) is 0 Å². The van der Waals surface area contributed by atoms with E-state index < -0.39 is 19.6 Å². The van der Waals surface area contributed by atoms with Gasteiger partial charge in [0, 0.05) is 15.4 Å². The summed E-state index contributed by atoms with van der Waals surface area (Å²) in [6.07, 6.45) is -4.33. The SMILES string of the molecule is FC(F)(F)COCOc1ccc(Br)cc1CBr. The van der Waals surface area contributed by atoms with Crippen LogP contribution in [-0.4, -0.2) is 19.6 Å². The fourth-order valence-electron chi connectivity index (χ4n) is 1.06. The topological polar surface area (TPSA) is 18.5 Å². The quantitative estimate of drug-likeness (QED) is 0.433. The second-order valence-electron chi connectivity index (χ2n) is 3.11. The summed E-state index contributed by atoms with van der Waals surface area (Å²) >= 11 is 6.55. The molecular formula is C10H9Br2F3O2. The second-order valence-corrected chi connectivity index (χ2v) is 4.59. The molecule has 0 fully saturated rings. The van der Waals surface area contributed by atoms with Gasteiger partial charge in [-0.3, -0.25) is 0 Å². The Bertz CT molecular complexity index is 369. The molecule has 17 heavy (non-hydrogen) atoms. The summed E-state index contributed by atoms with van der Waals surface area (Å²) in [6.45, 7) is -1.74. The molecule has 0 aliphatic rings. The van der Waals surface area contributed by atoms with E-state index in [1.54, 1.807) is 12.1 Å². The van der Waals surface area contributed by atoms with E-state index in [9.17, 15) is 13.2 Å². The number of hydrogen-bond acceptors (Lipinski definition) is 2. The Labute approximate surface area is 113 Å². The normalized spacial score (nSPS) is 11.6. The lowest BCUT2D eigenvalue weighted by Gasteiger charge is -2.11. The largest absolute Gasteiger partial charge is 0.467 e. The predicted molar refractivity (Wildman–Crippen MR) is 64.3 cm³/mol. The van der Waals surface area contributed by atoms with E-state index in [2.05, 4.69) is 36.6 Å². The van der Waals surface area contributed by atoms with Crippen molar-refractivity contribution in [1.29, 1.82) is 0 Å². The molecule has 0 saturated carbocycles. The lowest BCUT2D eigenvalue weighted by atomic mass is 10.2. The van der Waals surface area contributed by atoms with Gasteiger partial charge in [0.05, 0.1) is 0 Å². The van der Waals surface area contributed by atoms with Gasteiger partial charge in [0.1, 0.15) is 12.4 Å². The van der Waals surface area contributed by atoms with Gasteiger partial charge in [0.15, 0.2) is 6.79 Å². The molecule has 2 nitrogen and oxygen atoms in total. The van der Waals surface area contributed by atoms with Gasteiger partial charge in [-0.1, -0.05) is 31.9 Å². The first-order valence-electron chi connectivity index (χ1n) is 4.54. The fraction of sp³-hybridized carbons (Fsp3) is 0.400. The molecule has 7 heteroatoms. The zero-order valence-electron chi connectivity index (χ0n) is 8.56. The maximum Gasteiger partial charge on any atom is 0.411 e. The van der Waals surface area contributed by atoms with E-state index in [0.717, 1.165) is 10.0 Å². The smallest absolute Gasteiger partial charge is 0.411 e. The van der Waals surface area contributed by atoms with Crippen molar-refractivity contribution in [1.82, 2.24) is 0 Å². The third-order valence-corrected chi connectivity index (χ3v) is 2.83. The molecule has 0 N–H and O–H groups in total. The molecule has 0 heterocycles. The zero-order valence-corrected chi connectivity index (χ0v) is 11.7. The molecule has 0 atom stereocenters. The molecule has 0 radical (unpaired) electrons. The maximum atomic E-state index is 11.8. The van der Waals surface area contributed by atoms with Crippen molar-refractivity contribution >= 4 is 31.9 Å². The van der Waals surface area contributed by atoms with Crippen LogP contribution in [0.3, 0.4) is 0 Å². The average molecular weight is 378 g/mol. The Morgan fingerprint density at radius 2 is 1.94 bits per heavy atom. The van der Waals surface area contributed by atoms with Crippen molar-refractivity contribution in [3.63, 3.8) is 0 Å². The average Bonchev–Trinajstić information content (AvgIpc) is 2.24. The molecule has 0 aliphatic heterocycles. The monoisotopic (exact) mass is 376 g/mol. The van der Waals surface area contributed by atoms with Crippen LogP contribution in [0.2, 0.25) is 0 Å². The summed E-state index contributed by atoms with van der Waals surface area (Å²) in [5.74, 6) is 0.493. The van der Waals surface area contributed by atoms with Crippen LogP contribution >= 0.6 is 31.9 Å². The summed E-state index contributed by atoms with van der Waals surface area (Å²) in [5, 5.41) is 0.543. The molecule has 0 aliphatic carbocycles. The van der Waals surface area contributed by atoms with Crippen molar-refractivity contribution < 1.29 is 22.6 Å². The highest BCUT2D eigenvalue weighted by Gasteiger charge is 2.27. The summed E-state index contributed by atoms with van der Waals surface area (Å²) in [6, 6.07) is 5.22. The molecule has 0 bridgehead atoms. The van der Waals surface area contributed by atoms with Gasteiger partial charge in [-0.25, -0.2) is 0 Å². The molecule has 96 valence electrons. The van der Waals surface area contributed by atoms with Crippen molar-refractivity contribution in [2.75, 3.05) is 13.4 Å². The number of halogens is 5. The zero-order chi connectivity index (χ0) is 12.9. The van der Waals surface area contributed by atoms with Crippen molar-refractivity contribution in [2.45, 2.75) is 11.5 Å². The van der Waals surface area contributed by atoms with E-state index in [-0.39, 0.29) is 0 Å². The van der Waals surface area contributed by atoms with Crippen molar-refractivity contribution in [3.05, 3.63) is 28.2 Å². The molecule has 0 amide bonds. The van der Waals surface area contributed by atoms with Gasteiger partial charge in [0.25, 0.3) is 0 Å². The lowest BCUT2D eigenvalue weighted by molar-refractivity contribution is -0.186. The number of hydrogen-bond donors (Lipinski definition) is 0. The fourth-order valence-corrected chi connectivity index (χ4v) is 1.90. The van der Waals surface area contributed by atoms with Crippen LogP contribution in [0.15, 0.2) is 22.7 Å². The van der Waals surface area contributed by atoms with Crippen LogP contribution in [0, 0.1) is 0 Å². The highest BCUT2D eigenvalue weighted by atomic mass is 79.9. The molecule has 0 spiro atoms. The highest BCUT2D eigenvalue weighted by Crippen LogP contribution is 2.25. The van der Waals surface area contributed by atoms with E-state index >= 15 is 0 Å². The predicted octanol–water partition coefficient (Wildman–Crippen LogP) is 4.26. The van der Waals surface area contributed by atoms with E-state index in [0.29, 0.717) is 11.1 Å². The number of ether oxygens (including phenoxy) is 2. The molecule has 1 rings (SSSR count). The Kier molecular flexibility index (Phi) is 5.75. The standard InChI is InChI=1S/C10H9Br2F3O2/c11-4-7-3-8(12)1-2-9(7)17-6-16-5-10(13,14)15/h1-3H,4-6H2. The molecule has 0 aromatic heterocycles. The molecule has 1 aromatic rings. The Balaban J connectivity index is 2.46. The highest BCUT2D eigenvalue weighted by molar-refractivity contribution is 9.10. The third kappa shape index (κ3) is 5.74. The van der Waals surface area contributed by atoms with Crippen molar-refractivity contribution in [3.8, 4) is 5.75 Å². The first-order chi connectivity index (χ1) is 7.92. The summed E-state index contributed by atoms with van der Waals surface area (Å²) in [7, 11) is 0. The Morgan fingerprint density at radius 1 is 1.24 bits per heavy atom. The summed E-state index contributed by atoms with van der Waals surface area (Å²) < 4.78 is 45.7. The first kappa shape index (κ1) is 14.8. The molecule has 0 unspecified atom stereocenters. The summed E-state index contributed by atoms with van der Waals surface area (Å²) in [4.78, 5) is 0. The molecule has 1 aromatic carbocycles. The van der Waals surface area contributed by atoms with Crippen LogP contribution in [-0.2, 0) is 10.1 Å². The van der Waals surface area contributed by atoms with E-state index in [1.165, 1.54) is 0 Å². The van der Waals surface area contributed by atoms with Gasteiger partial charge < -0.3 is 9.47 Å². The minimum absolute atomic E-state index is 0.429. The number of rotatable bonds is 5. The Hall–Kier alpha value is -0.270. The Morgan fingerprint density at radius 3 is 2.53 bits per heavy atom. The minimum atomic E-state index is -4.33. The third-order valence-electron chi connectivity index (χ3n) is 1.73. The van der Waals surface area contributed by atoms with Gasteiger partial charge in [-0.05, 0) is 18.2 Å². The molecule has 0 saturated heterocycles. The number of benzene rings is 1. The van der Waals surface area contributed by atoms with Gasteiger partial charge in [-0.15, -0.1) is 0 Å². The van der Waals surface area contributed by atoms with Gasteiger partial charge >= 0.3 is 6.18 Å². The van der Waals surface area contributed by atoms with E-state index in [1.807, 2.05) is 6.07 Å². The minimum Gasteiger partial charge on any atom is -0.467 e. The lowest BCUT2D eigenvalue weighted by Crippen LogP contribution is -2.19. The second kappa shape index (κ2) is 6.61. The first-order valence-corrected chi connectivity index (χ1v) is 6.45. The van der Waals surface area contributed by atoms with Crippen LogP contribution < -0.4 is 4.74 Å². The van der Waals surface area contributed by atoms with Crippen LogP contribution in [0.25, 0.3) is 0 Å². The molecular weight excluding hydrogens is 369 g/mol. The van der Waals surface area contributed by atoms with Gasteiger partial charge in [0.2, 0.25) is 0 Å². The van der Waals surface area contributed by atoms with Gasteiger partial charge in [-0.2, -0.15) is 13.2 Å². The maximum absolute atomic E-state index is 11.8. The van der Waals surface area contributed by atoms with E-state index in [4.69, 9.17) is 4.74 Å². The van der Waals surface area contributed by atoms with Crippen LogP contribution in [0.1, 0.15) is 5.56 Å².